The Morgan fingerprint density at radius 3 is 2.48 bits per heavy atom. The zero-order valence-corrected chi connectivity index (χ0v) is 13.7. The van der Waals surface area contributed by atoms with E-state index in [2.05, 4.69) is 77.5 Å². The maximum absolute atomic E-state index is 3.92. The lowest BCUT2D eigenvalue weighted by molar-refractivity contribution is 1.02. The fourth-order valence-electron chi connectivity index (χ4n) is 3.50. The van der Waals surface area contributed by atoms with Gasteiger partial charge in [-0.3, -0.25) is 0 Å². The molecule has 0 saturated heterocycles. The first-order valence-electron chi connectivity index (χ1n) is 7.48. The second-order valence-electron chi connectivity index (χ2n) is 5.93. The summed E-state index contributed by atoms with van der Waals surface area (Å²) < 4.78 is 0. The molecular formula is C20H17Br. The van der Waals surface area contributed by atoms with Crippen LogP contribution in [0.1, 0.15) is 32.6 Å². The molecule has 3 aromatic rings. The Hall–Kier alpha value is -1.60. The zero-order valence-electron chi connectivity index (χ0n) is 12.1. The van der Waals surface area contributed by atoms with E-state index >= 15 is 0 Å². The Balaban J connectivity index is 1.92. The Morgan fingerprint density at radius 1 is 0.905 bits per heavy atom. The molecule has 0 bridgehead atoms. The number of halogens is 1. The minimum Gasteiger partial charge on any atom is -0.0786 e. The molecule has 0 spiro atoms. The van der Waals surface area contributed by atoms with Crippen molar-refractivity contribution in [1.82, 2.24) is 0 Å². The maximum atomic E-state index is 3.92. The molecule has 4 rings (SSSR count). The average molecular weight is 337 g/mol. The van der Waals surface area contributed by atoms with Gasteiger partial charge >= 0.3 is 0 Å². The second kappa shape index (κ2) is 4.99. The van der Waals surface area contributed by atoms with E-state index < -0.39 is 0 Å². The van der Waals surface area contributed by atoms with Gasteiger partial charge in [-0.2, -0.15) is 0 Å². The molecule has 0 N–H and O–H groups in total. The van der Waals surface area contributed by atoms with Crippen LogP contribution in [0.5, 0.6) is 0 Å². The van der Waals surface area contributed by atoms with Crippen LogP contribution in [0.3, 0.4) is 0 Å². The van der Waals surface area contributed by atoms with Gasteiger partial charge in [0.05, 0.1) is 4.83 Å². The Morgan fingerprint density at radius 2 is 1.67 bits per heavy atom. The number of aryl methyl sites for hydroxylation is 3. The first kappa shape index (κ1) is 13.1. The van der Waals surface area contributed by atoms with Crippen LogP contribution < -0.4 is 0 Å². The van der Waals surface area contributed by atoms with Gasteiger partial charge in [-0.15, -0.1) is 0 Å². The van der Waals surface area contributed by atoms with Crippen molar-refractivity contribution < 1.29 is 0 Å². The summed E-state index contributed by atoms with van der Waals surface area (Å²) in [6.45, 7) is 2.15. The summed E-state index contributed by atoms with van der Waals surface area (Å²) in [4.78, 5) is 0.252. The SMILES string of the molecule is Cc1cccc(C(Br)c2ccc3c4c(cccc24)CC3)c1. The molecular weight excluding hydrogens is 320 g/mol. The van der Waals surface area contributed by atoms with Gasteiger partial charge in [0.25, 0.3) is 0 Å². The summed E-state index contributed by atoms with van der Waals surface area (Å²) in [6, 6.07) is 20.1. The maximum Gasteiger partial charge on any atom is 0.0650 e. The number of rotatable bonds is 2. The Bertz CT molecular complexity index is 822. The van der Waals surface area contributed by atoms with Crippen molar-refractivity contribution in [2.45, 2.75) is 24.6 Å². The predicted octanol–water partition coefficient (Wildman–Crippen LogP) is 5.73. The minimum atomic E-state index is 0.252. The molecule has 3 aromatic carbocycles. The molecule has 1 heteroatoms. The van der Waals surface area contributed by atoms with Crippen molar-refractivity contribution in [2.24, 2.45) is 0 Å². The highest BCUT2D eigenvalue weighted by atomic mass is 79.9. The Kier molecular flexibility index (Phi) is 3.11. The molecule has 1 aliphatic carbocycles. The summed E-state index contributed by atoms with van der Waals surface area (Å²) in [5, 5.41) is 2.90. The molecule has 0 fully saturated rings. The van der Waals surface area contributed by atoms with E-state index in [9.17, 15) is 0 Å². The highest BCUT2D eigenvalue weighted by Gasteiger charge is 2.19. The quantitative estimate of drug-likeness (QED) is 0.524. The van der Waals surface area contributed by atoms with Gasteiger partial charge in [0, 0.05) is 0 Å². The number of hydrogen-bond acceptors (Lipinski definition) is 0. The second-order valence-corrected chi connectivity index (χ2v) is 6.85. The van der Waals surface area contributed by atoms with Gasteiger partial charge in [0.1, 0.15) is 0 Å². The molecule has 1 unspecified atom stereocenters. The monoisotopic (exact) mass is 336 g/mol. The molecule has 104 valence electrons. The smallest absolute Gasteiger partial charge is 0.0650 e. The standard InChI is InChI=1S/C20H17Br/c1-13-4-2-6-16(12-13)20(21)18-11-10-15-9-8-14-5-3-7-17(18)19(14)15/h2-7,10-12,20H,8-9H2,1H3. The van der Waals surface area contributed by atoms with E-state index in [-0.39, 0.29) is 4.83 Å². The van der Waals surface area contributed by atoms with Crippen LogP contribution in [0, 0.1) is 6.92 Å². The third-order valence-electron chi connectivity index (χ3n) is 4.52. The molecule has 0 aromatic heterocycles. The van der Waals surface area contributed by atoms with Crippen molar-refractivity contribution in [3.05, 3.63) is 82.4 Å². The number of alkyl halides is 1. The molecule has 0 saturated carbocycles. The summed E-state index contributed by atoms with van der Waals surface area (Å²) in [5.41, 5.74) is 7.03. The summed E-state index contributed by atoms with van der Waals surface area (Å²) >= 11 is 3.92. The number of benzene rings is 3. The van der Waals surface area contributed by atoms with E-state index in [1.165, 1.54) is 51.4 Å². The molecule has 21 heavy (non-hydrogen) atoms. The van der Waals surface area contributed by atoms with E-state index in [4.69, 9.17) is 0 Å². The Labute approximate surface area is 133 Å². The minimum absolute atomic E-state index is 0.252. The molecule has 0 aliphatic heterocycles. The van der Waals surface area contributed by atoms with Crippen molar-refractivity contribution in [3.63, 3.8) is 0 Å². The third-order valence-corrected chi connectivity index (χ3v) is 5.54. The first-order valence-corrected chi connectivity index (χ1v) is 8.39. The van der Waals surface area contributed by atoms with Crippen molar-refractivity contribution in [2.75, 3.05) is 0 Å². The third kappa shape index (κ3) is 2.11. The van der Waals surface area contributed by atoms with Crippen LogP contribution in [-0.2, 0) is 12.8 Å². The van der Waals surface area contributed by atoms with Gasteiger partial charge in [0.15, 0.2) is 0 Å². The van der Waals surface area contributed by atoms with Crippen LogP contribution in [-0.4, -0.2) is 0 Å². The van der Waals surface area contributed by atoms with Crippen LogP contribution in [0.15, 0.2) is 54.6 Å². The van der Waals surface area contributed by atoms with Crippen molar-refractivity contribution >= 4 is 26.7 Å². The van der Waals surface area contributed by atoms with Crippen LogP contribution >= 0.6 is 15.9 Å². The average Bonchev–Trinajstić information content (AvgIpc) is 2.92. The van der Waals surface area contributed by atoms with Gasteiger partial charge in [-0.05, 0) is 52.8 Å². The molecule has 1 atom stereocenters. The highest BCUT2D eigenvalue weighted by Crippen LogP contribution is 2.40. The lowest BCUT2D eigenvalue weighted by atomic mass is 9.95. The fourth-order valence-corrected chi connectivity index (χ4v) is 4.18. The summed E-state index contributed by atoms with van der Waals surface area (Å²) in [5.74, 6) is 0. The predicted molar refractivity (Wildman–Crippen MR) is 93.3 cm³/mol. The van der Waals surface area contributed by atoms with Gasteiger partial charge in [-0.1, -0.05) is 76.1 Å². The lowest BCUT2D eigenvalue weighted by Gasteiger charge is -2.15. The number of hydrogen-bond donors (Lipinski definition) is 0. The fraction of sp³-hybridized carbons (Fsp3) is 0.200. The van der Waals surface area contributed by atoms with Gasteiger partial charge in [-0.25, -0.2) is 0 Å². The van der Waals surface area contributed by atoms with E-state index in [0.29, 0.717) is 0 Å². The zero-order chi connectivity index (χ0) is 14.4. The van der Waals surface area contributed by atoms with Crippen LogP contribution in [0.25, 0.3) is 10.8 Å². The van der Waals surface area contributed by atoms with E-state index in [1.807, 2.05) is 0 Å². The lowest BCUT2D eigenvalue weighted by Crippen LogP contribution is -1.95. The molecule has 0 heterocycles. The summed E-state index contributed by atoms with van der Waals surface area (Å²) in [6.07, 6.45) is 2.38. The topological polar surface area (TPSA) is 0 Å². The normalized spacial score (nSPS) is 14.6. The van der Waals surface area contributed by atoms with Crippen LogP contribution in [0.4, 0.5) is 0 Å². The first-order chi connectivity index (χ1) is 10.2. The van der Waals surface area contributed by atoms with E-state index in [1.54, 1.807) is 0 Å². The van der Waals surface area contributed by atoms with Gasteiger partial charge < -0.3 is 0 Å². The molecule has 0 nitrogen and oxygen atoms in total. The molecule has 0 radical (unpaired) electrons. The van der Waals surface area contributed by atoms with Crippen molar-refractivity contribution in [3.8, 4) is 0 Å². The highest BCUT2D eigenvalue weighted by molar-refractivity contribution is 9.09. The largest absolute Gasteiger partial charge is 0.0786 e. The molecule has 0 amide bonds. The summed E-state index contributed by atoms with van der Waals surface area (Å²) in [7, 11) is 0. The van der Waals surface area contributed by atoms with Crippen LogP contribution in [0.2, 0.25) is 0 Å². The van der Waals surface area contributed by atoms with E-state index in [0.717, 1.165) is 0 Å². The van der Waals surface area contributed by atoms with Crippen molar-refractivity contribution in [1.29, 1.82) is 0 Å². The molecule has 1 aliphatic rings. The van der Waals surface area contributed by atoms with Gasteiger partial charge in [0.2, 0.25) is 0 Å².